The molecule has 142 valence electrons. The van der Waals surface area contributed by atoms with Crippen molar-refractivity contribution in [3.8, 4) is 0 Å². The second kappa shape index (κ2) is 8.99. The van der Waals surface area contributed by atoms with Crippen LogP contribution in [-0.2, 0) is 11.8 Å². The summed E-state index contributed by atoms with van der Waals surface area (Å²) in [4.78, 5) is 26.8. The third-order valence-corrected chi connectivity index (χ3v) is 5.38. The molecule has 0 fully saturated rings. The van der Waals surface area contributed by atoms with Crippen molar-refractivity contribution in [1.82, 2.24) is 9.88 Å². The highest BCUT2D eigenvalue weighted by Crippen LogP contribution is 2.25. The van der Waals surface area contributed by atoms with E-state index in [1.807, 2.05) is 49.7 Å². The second-order valence-corrected chi connectivity index (χ2v) is 7.09. The van der Waals surface area contributed by atoms with Gasteiger partial charge in [0.1, 0.15) is 0 Å². The molecule has 0 radical (unpaired) electrons. The Hall–Kier alpha value is -2.14. The molecule has 26 heavy (non-hydrogen) atoms. The van der Waals surface area contributed by atoms with Crippen LogP contribution in [0.2, 0.25) is 0 Å². The molecule has 5 heteroatoms. The van der Waals surface area contributed by atoms with Crippen LogP contribution < -0.4 is 10.2 Å². The summed E-state index contributed by atoms with van der Waals surface area (Å²) in [5.41, 5.74) is 2.31. The minimum absolute atomic E-state index is 0.00306. The van der Waals surface area contributed by atoms with E-state index in [0.29, 0.717) is 5.56 Å². The number of aryl methyl sites for hydroxylation is 1. The van der Waals surface area contributed by atoms with E-state index in [4.69, 9.17) is 0 Å². The van der Waals surface area contributed by atoms with Crippen LogP contribution in [0.4, 0.5) is 0 Å². The Morgan fingerprint density at radius 1 is 1.19 bits per heavy atom. The fourth-order valence-electron chi connectivity index (χ4n) is 3.54. The summed E-state index contributed by atoms with van der Waals surface area (Å²) >= 11 is 0. The molecule has 0 saturated heterocycles. The molecule has 1 atom stereocenters. The lowest BCUT2D eigenvalue weighted by atomic mass is 10.1. The van der Waals surface area contributed by atoms with Crippen molar-refractivity contribution < 1.29 is 14.5 Å². The van der Waals surface area contributed by atoms with Crippen LogP contribution in [0, 0.1) is 6.92 Å². The number of carbonyl (C=O) groups is 2. The van der Waals surface area contributed by atoms with Crippen LogP contribution in [-0.4, -0.2) is 41.9 Å². The highest BCUT2D eigenvalue weighted by Gasteiger charge is 2.25. The van der Waals surface area contributed by atoms with Crippen molar-refractivity contribution in [1.29, 1.82) is 0 Å². The van der Waals surface area contributed by atoms with Gasteiger partial charge in [-0.3, -0.25) is 9.59 Å². The summed E-state index contributed by atoms with van der Waals surface area (Å²) in [7, 11) is 1.92. The average Bonchev–Trinajstić information content (AvgIpc) is 2.89. The van der Waals surface area contributed by atoms with Gasteiger partial charge in [-0.05, 0) is 46.6 Å². The number of quaternary nitrogens is 1. The Morgan fingerprint density at radius 3 is 2.50 bits per heavy atom. The van der Waals surface area contributed by atoms with Crippen molar-refractivity contribution in [3.63, 3.8) is 0 Å². The van der Waals surface area contributed by atoms with Crippen molar-refractivity contribution in [2.75, 3.05) is 19.6 Å². The number of hydrogen-bond donors (Lipinski definition) is 2. The quantitative estimate of drug-likeness (QED) is 0.531. The fraction of sp³-hybridized carbons (Fsp3) is 0.524. The molecule has 0 unspecified atom stereocenters. The smallest absolute Gasteiger partial charge is 0.292 e. The molecule has 0 aliphatic carbocycles. The second-order valence-electron chi connectivity index (χ2n) is 7.09. The molecule has 0 aliphatic heterocycles. The maximum absolute atomic E-state index is 12.8. The van der Waals surface area contributed by atoms with Crippen LogP contribution in [0.25, 0.3) is 10.9 Å². The lowest BCUT2D eigenvalue weighted by Gasteiger charge is -2.17. The van der Waals surface area contributed by atoms with Gasteiger partial charge >= 0.3 is 0 Å². The Bertz CT molecular complexity index is 775. The molecule has 1 heterocycles. The van der Waals surface area contributed by atoms with E-state index < -0.39 is 11.7 Å². The summed E-state index contributed by atoms with van der Waals surface area (Å²) in [6, 6.07) is 7.70. The average molecular weight is 359 g/mol. The first-order valence-electron chi connectivity index (χ1n) is 9.63. The largest absolute Gasteiger partial charge is 0.347 e. The van der Waals surface area contributed by atoms with Gasteiger partial charge in [-0.1, -0.05) is 18.2 Å². The third-order valence-electron chi connectivity index (χ3n) is 5.38. The van der Waals surface area contributed by atoms with Crippen molar-refractivity contribution in [2.45, 2.75) is 46.6 Å². The van der Waals surface area contributed by atoms with Gasteiger partial charge in [0.15, 0.2) is 0 Å². The predicted molar refractivity (Wildman–Crippen MR) is 106 cm³/mol. The van der Waals surface area contributed by atoms with Gasteiger partial charge < -0.3 is 14.8 Å². The van der Waals surface area contributed by atoms with Gasteiger partial charge in [0, 0.05) is 29.7 Å². The number of hydrogen-bond acceptors (Lipinski definition) is 2. The lowest BCUT2D eigenvalue weighted by Crippen LogP contribution is -3.11. The number of benzene rings is 1. The van der Waals surface area contributed by atoms with Gasteiger partial charge in [-0.2, -0.15) is 0 Å². The summed E-state index contributed by atoms with van der Waals surface area (Å²) in [5, 5.41) is 3.72. The minimum Gasteiger partial charge on any atom is -0.347 e. The Kier molecular flexibility index (Phi) is 6.98. The third kappa shape index (κ3) is 4.33. The monoisotopic (exact) mass is 358 g/mol. The molecule has 0 spiro atoms. The fourth-order valence-corrected chi connectivity index (χ4v) is 3.54. The van der Waals surface area contributed by atoms with E-state index in [-0.39, 0.29) is 6.04 Å². The number of amides is 1. The zero-order chi connectivity index (χ0) is 19.3. The molecule has 1 amide bonds. The maximum Gasteiger partial charge on any atom is 0.292 e. The van der Waals surface area contributed by atoms with E-state index >= 15 is 0 Å². The molecule has 1 aromatic carbocycles. The predicted octanol–water partition coefficient (Wildman–Crippen LogP) is 1.88. The minimum atomic E-state index is -0.507. The van der Waals surface area contributed by atoms with Crippen LogP contribution in [0.1, 0.15) is 49.7 Å². The van der Waals surface area contributed by atoms with E-state index in [1.54, 1.807) is 4.90 Å². The highest BCUT2D eigenvalue weighted by atomic mass is 16.2. The van der Waals surface area contributed by atoms with Gasteiger partial charge in [-0.15, -0.1) is 0 Å². The molecule has 2 N–H and O–H groups in total. The standard InChI is InChI=1S/C21H31N3O2/c1-6-24(7-2)14-10-11-15(3)22-21(26)20(25)19-16(4)23(5)18-13-9-8-12-17(18)19/h8-9,12-13,15H,6-7,10-11,14H2,1-5H3,(H,22,26)/p+1/t15-/m1/s1. The van der Waals surface area contributed by atoms with Crippen LogP contribution >= 0.6 is 0 Å². The van der Waals surface area contributed by atoms with E-state index in [1.165, 1.54) is 0 Å². The molecule has 0 bridgehead atoms. The topological polar surface area (TPSA) is 55.5 Å². The molecular formula is C21H32N3O2+. The summed E-state index contributed by atoms with van der Waals surface area (Å²) < 4.78 is 1.96. The van der Waals surface area contributed by atoms with Gasteiger partial charge in [-0.25, -0.2) is 0 Å². The Labute approximate surface area is 156 Å². The number of fused-ring (bicyclic) bond motifs is 1. The highest BCUT2D eigenvalue weighted by molar-refractivity contribution is 6.45. The summed E-state index contributed by atoms with van der Waals surface area (Å²) in [6.07, 6.45) is 1.93. The number of carbonyl (C=O) groups excluding carboxylic acids is 2. The van der Waals surface area contributed by atoms with Gasteiger partial charge in [0.25, 0.3) is 11.7 Å². The number of nitrogens with zero attached hydrogens (tertiary/aromatic N) is 1. The number of Topliss-reactive ketones (excluding diaryl/α,β-unsaturated/α-hetero) is 1. The molecule has 5 nitrogen and oxygen atoms in total. The first-order chi connectivity index (χ1) is 12.4. The van der Waals surface area contributed by atoms with E-state index in [0.717, 1.165) is 49.1 Å². The molecular weight excluding hydrogens is 326 g/mol. The van der Waals surface area contributed by atoms with Gasteiger partial charge in [0.05, 0.1) is 25.2 Å². The van der Waals surface area contributed by atoms with Gasteiger partial charge in [0.2, 0.25) is 0 Å². The molecule has 1 aromatic heterocycles. The molecule has 0 aliphatic rings. The number of nitrogens with one attached hydrogen (secondary N) is 2. The van der Waals surface area contributed by atoms with Crippen molar-refractivity contribution >= 4 is 22.6 Å². The van der Waals surface area contributed by atoms with Crippen molar-refractivity contribution in [2.24, 2.45) is 7.05 Å². The normalized spacial score (nSPS) is 12.5. The molecule has 0 saturated carbocycles. The van der Waals surface area contributed by atoms with E-state index in [9.17, 15) is 9.59 Å². The molecule has 2 rings (SSSR count). The van der Waals surface area contributed by atoms with Crippen molar-refractivity contribution in [3.05, 3.63) is 35.5 Å². The number of ketones is 1. The Balaban J connectivity index is 2.02. The zero-order valence-corrected chi connectivity index (χ0v) is 16.7. The summed E-state index contributed by atoms with van der Waals surface area (Å²) in [6.45, 7) is 11.6. The number of aromatic nitrogens is 1. The van der Waals surface area contributed by atoms with E-state index in [2.05, 4.69) is 19.2 Å². The maximum atomic E-state index is 12.8. The first-order valence-corrected chi connectivity index (χ1v) is 9.63. The lowest BCUT2D eigenvalue weighted by molar-refractivity contribution is -0.896. The van der Waals surface area contributed by atoms with Crippen LogP contribution in [0.15, 0.2) is 24.3 Å². The molecule has 2 aromatic rings. The van der Waals surface area contributed by atoms with Crippen LogP contribution in [0.5, 0.6) is 0 Å². The zero-order valence-electron chi connectivity index (χ0n) is 16.7. The van der Waals surface area contributed by atoms with Crippen LogP contribution in [0.3, 0.4) is 0 Å². The SMILES string of the molecule is CC[NH+](CC)CCC[C@@H](C)NC(=O)C(=O)c1c(C)n(C)c2ccccc12. The number of para-hydroxylation sites is 1. The number of rotatable bonds is 9. The first kappa shape index (κ1) is 20.2. The Morgan fingerprint density at radius 2 is 1.85 bits per heavy atom. The summed E-state index contributed by atoms with van der Waals surface area (Å²) in [5.74, 6) is -0.951.